The summed E-state index contributed by atoms with van der Waals surface area (Å²) in [6.07, 6.45) is 3.68. The quantitative estimate of drug-likeness (QED) is 0.896. The molecule has 1 amide bonds. The number of nitrogens with one attached hydrogen (secondary N) is 1. The number of hydrogen-bond donors (Lipinski definition) is 1. The number of methoxy groups -OCH3 is 1. The molecule has 0 aromatic heterocycles. The Labute approximate surface area is 121 Å². The van der Waals surface area contributed by atoms with Crippen LogP contribution in [0.1, 0.15) is 31.7 Å². The Morgan fingerprint density at radius 3 is 2.70 bits per heavy atom. The second kappa shape index (κ2) is 7.29. The Kier molecular flexibility index (Phi) is 5.41. The van der Waals surface area contributed by atoms with Crippen molar-refractivity contribution in [3.63, 3.8) is 0 Å². The standard InChI is InChI=1S/C16H24N2O2/c1-13(18-10-6-3-7-11-18)16(19)17-12-14-8-4-5-9-15(14)20-2/h4-5,8-9,13H,3,6-7,10-12H2,1-2H3,(H,17,19)/t13-/m1/s1. The molecule has 1 aliphatic rings. The summed E-state index contributed by atoms with van der Waals surface area (Å²) < 4.78 is 5.29. The smallest absolute Gasteiger partial charge is 0.237 e. The summed E-state index contributed by atoms with van der Waals surface area (Å²) in [5.74, 6) is 0.913. The lowest BCUT2D eigenvalue weighted by atomic mass is 10.1. The molecule has 1 aromatic carbocycles. The van der Waals surface area contributed by atoms with Gasteiger partial charge in [0.1, 0.15) is 5.75 Å². The molecule has 0 aliphatic carbocycles. The second-order valence-electron chi connectivity index (χ2n) is 5.30. The topological polar surface area (TPSA) is 41.6 Å². The highest BCUT2D eigenvalue weighted by Gasteiger charge is 2.22. The number of amides is 1. The largest absolute Gasteiger partial charge is 0.496 e. The monoisotopic (exact) mass is 276 g/mol. The maximum atomic E-state index is 12.2. The van der Waals surface area contributed by atoms with E-state index >= 15 is 0 Å². The van der Waals surface area contributed by atoms with Crippen molar-refractivity contribution in [3.05, 3.63) is 29.8 Å². The van der Waals surface area contributed by atoms with Crippen LogP contribution in [0.5, 0.6) is 5.75 Å². The van der Waals surface area contributed by atoms with Gasteiger partial charge in [0.05, 0.1) is 13.2 Å². The number of carbonyl (C=O) groups excluding carboxylic acids is 1. The minimum Gasteiger partial charge on any atom is -0.496 e. The number of piperidine rings is 1. The molecule has 4 nitrogen and oxygen atoms in total. The van der Waals surface area contributed by atoms with Crippen molar-refractivity contribution in [2.45, 2.75) is 38.8 Å². The average Bonchev–Trinajstić information content (AvgIpc) is 2.53. The summed E-state index contributed by atoms with van der Waals surface area (Å²) in [4.78, 5) is 14.5. The molecule has 1 atom stereocenters. The van der Waals surface area contributed by atoms with Crippen LogP contribution >= 0.6 is 0 Å². The van der Waals surface area contributed by atoms with Crippen molar-refractivity contribution in [1.82, 2.24) is 10.2 Å². The Morgan fingerprint density at radius 2 is 2.00 bits per heavy atom. The van der Waals surface area contributed by atoms with E-state index in [1.807, 2.05) is 31.2 Å². The highest BCUT2D eigenvalue weighted by atomic mass is 16.5. The molecule has 1 aromatic rings. The molecule has 0 radical (unpaired) electrons. The van der Waals surface area contributed by atoms with E-state index in [0.717, 1.165) is 24.4 Å². The molecule has 0 spiro atoms. The van der Waals surface area contributed by atoms with Crippen LogP contribution in [-0.2, 0) is 11.3 Å². The van der Waals surface area contributed by atoms with Gasteiger partial charge in [-0.3, -0.25) is 9.69 Å². The van der Waals surface area contributed by atoms with Crippen LogP contribution < -0.4 is 10.1 Å². The van der Waals surface area contributed by atoms with E-state index in [2.05, 4.69) is 10.2 Å². The van der Waals surface area contributed by atoms with Crippen LogP contribution in [-0.4, -0.2) is 37.0 Å². The Bertz CT molecular complexity index is 442. The molecule has 1 aliphatic heterocycles. The van der Waals surface area contributed by atoms with Crippen LogP contribution in [0.3, 0.4) is 0 Å². The van der Waals surface area contributed by atoms with Crippen molar-refractivity contribution in [1.29, 1.82) is 0 Å². The van der Waals surface area contributed by atoms with Gasteiger partial charge >= 0.3 is 0 Å². The molecular formula is C16H24N2O2. The van der Waals surface area contributed by atoms with E-state index in [1.165, 1.54) is 19.3 Å². The highest BCUT2D eigenvalue weighted by Crippen LogP contribution is 2.17. The number of benzene rings is 1. The van der Waals surface area contributed by atoms with Crippen LogP contribution in [0.2, 0.25) is 0 Å². The molecule has 1 heterocycles. The van der Waals surface area contributed by atoms with Gasteiger partial charge in [-0.1, -0.05) is 24.6 Å². The molecule has 0 unspecified atom stereocenters. The predicted molar refractivity (Wildman–Crippen MR) is 79.7 cm³/mol. The normalized spacial score (nSPS) is 17.5. The zero-order chi connectivity index (χ0) is 14.4. The molecule has 0 saturated carbocycles. The third-order valence-corrected chi connectivity index (χ3v) is 3.96. The Balaban J connectivity index is 1.87. The minimum atomic E-state index is -0.0509. The molecule has 110 valence electrons. The lowest BCUT2D eigenvalue weighted by molar-refractivity contribution is -0.126. The van der Waals surface area contributed by atoms with Gasteiger partial charge in [-0.15, -0.1) is 0 Å². The van der Waals surface area contributed by atoms with Crippen molar-refractivity contribution >= 4 is 5.91 Å². The number of rotatable bonds is 5. The first-order valence-electron chi connectivity index (χ1n) is 7.36. The molecule has 1 fully saturated rings. The third-order valence-electron chi connectivity index (χ3n) is 3.96. The number of ether oxygens (including phenoxy) is 1. The van der Waals surface area contributed by atoms with Crippen molar-refractivity contribution in [2.24, 2.45) is 0 Å². The van der Waals surface area contributed by atoms with E-state index in [0.29, 0.717) is 6.54 Å². The minimum absolute atomic E-state index is 0.0509. The third kappa shape index (κ3) is 3.73. The van der Waals surface area contributed by atoms with E-state index in [-0.39, 0.29) is 11.9 Å². The van der Waals surface area contributed by atoms with Gasteiger partial charge in [-0.2, -0.15) is 0 Å². The van der Waals surface area contributed by atoms with Crippen molar-refractivity contribution in [2.75, 3.05) is 20.2 Å². The number of hydrogen-bond acceptors (Lipinski definition) is 3. The summed E-state index contributed by atoms with van der Waals surface area (Å²) in [5.41, 5.74) is 1.01. The Hall–Kier alpha value is -1.55. The molecular weight excluding hydrogens is 252 g/mol. The first-order valence-corrected chi connectivity index (χ1v) is 7.36. The van der Waals surface area contributed by atoms with E-state index in [9.17, 15) is 4.79 Å². The van der Waals surface area contributed by atoms with Gasteiger partial charge in [-0.25, -0.2) is 0 Å². The van der Waals surface area contributed by atoms with Crippen LogP contribution in [0.4, 0.5) is 0 Å². The zero-order valence-electron chi connectivity index (χ0n) is 12.4. The molecule has 2 rings (SSSR count). The first-order chi connectivity index (χ1) is 9.72. The second-order valence-corrected chi connectivity index (χ2v) is 5.30. The van der Waals surface area contributed by atoms with Gasteiger partial charge in [0.25, 0.3) is 0 Å². The van der Waals surface area contributed by atoms with E-state index < -0.39 is 0 Å². The van der Waals surface area contributed by atoms with Gasteiger partial charge in [0, 0.05) is 12.1 Å². The average molecular weight is 276 g/mol. The fraction of sp³-hybridized carbons (Fsp3) is 0.562. The predicted octanol–water partition coefficient (Wildman–Crippen LogP) is 2.19. The van der Waals surface area contributed by atoms with Gasteiger partial charge in [0.2, 0.25) is 5.91 Å². The van der Waals surface area contributed by atoms with Crippen molar-refractivity contribution in [3.8, 4) is 5.75 Å². The number of carbonyl (C=O) groups is 1. The summed E-state index contributed by atoms with van der Waals surface area (Å²) in [6, 6.07) is 7.73. The fourth-order valence-electron chi connectivity index (χ4n) is 2.65. The first kappa shape index (κ1) is 14.9. The zero-order valence-corrected chi connectivity index (χ0v) is 12.4. The summed E-state index contributed by atoms with van der Waals surface area (Å²) in [5, 5.41) is 3.01. The Morgan fingerprint density at radius 1 is 1.30 bits per heavy atom. The highest BCUT2D eigenvalue weighted by molar-refractivity contribution is 5.81. The lowest BCUT2D eigenvalue weighted by Crippen LogP contribution is -2.46. The number of likely N-dealkylation sites (tertiary alicyclic amines) is 1. The molecule has 0 bridgehead atoms. The van der Waals surface area contributed by atoms with E-state index in [4.69, 9.17) is 4.74 Å². The van der Waals surface area contributed by atoms with Gasteiger partial charge < -0.3 is 10.1 Å². The number of nitrogens with zero attached hydrogens (tertiary/aromatic N) is 1. The van der Waals surface area contributed by atoms with Crippen LogP contribution in [0, 0.1) is 0 Å². The maximum absolute atomic E-state index is 12.2. The summed E-state index contributed by atoms with van der Waals surface area (Å²) in [6.45, 7) is 4.57. The molecule has 20 heavy (non-hydrogen) atoms. The van der Waals surface area contributed by atoms with Crippen LogP contribution in [0.25, 0.3) is 0 Å². The van der Waals surface area contributed by atoms with Gasteiger partial charge in [-0.05, 0) is 38.9 Å². The van der Waals surface area contributed by atoms with Gasteiger partial charge in [0.15, 0.2) is 0 Å². The SMILES string of the molecule is COc1ccccc1CNC(=O)[C@@H](C)N1CCCCC1. The number of para-hydroxylation sites is 1. The van der Waals surface area contributed by atoms with Crippen LogP contribution in [0.15, 0.2) is 24.3 Å². The van der Waals surface area contributed by atoms with E-state index in [1.54, 1.807) is 7.11 Å². The molecule has 1 saturated heterocycles. The molecule has 4 heteroatoms. The maximum Gasteiger partial charge on any atom is 0.237 e. The summed E-state index contributed by atoms with van der Waals surface area (Å²) >= 11 is 0. The lowest BCUT2D eigenvalue weighted by Gasteiger charge is -2.31. The fourth-order valence-corrected chi connectivity index (χ4v) is 2.65. The molecule has 1 N–H and O–H groups in total. The summed E-state index contributed by atoms with van der Waals surface area (Å²) in [7, 11) is 1.65. The van der Waals surface area contributed by atoms with Crippen molar-refractivity contribution < 1.29 is 9.53 Å².